The summed E-state index contributed by atoms with van der Waals surface area (Å²) in [5.41, 5.74) is 0. The van der Waals surface area contributed by atoms with Crippen LogP contribution in [0.1, 0.15) is 19.2 Å². The van der Waals surface area contributed by atoms with E-state index in [0.29, 0.717) is 0 Å². The van der Waals surface area contributed by atoms with Crippen LogP contribution in [0.5, 0.6) is 0 Å². The van der Waals surface area contributed by atoms with Gasteiger partial charge in [0, 0.05) is 41.7 Å². The van der Waals surface area contributed by atoms with Gasteiger partial charge in [-0.3, -0.25) is 4.21 Å². The Morgan fingerprint density at radius 2 is 2.40 bits per heavy atom. The number of aromatic nitrogens is 2. The van der Waals surface area contributed by atoms with Crippen LogP contribution in [0.2, 0.25) is 0 Å². The summed E-state index contributed by atoms with van der Waals surface area (Å²) in [7, 11) is 1.26. The average Bonchev–Trinajstić information content (AvgIpc) is 2.58. The Morgan fingerprint density at radius 3 is 2.93 bits per heavy atom. The lowest BCUT2D eigenvalue weighted by Gasteiger charge is -2.08. The van der Waals surface area contributed by atoms with E-state index in [9.17, 15) is 4.21 Å². The molecule has 0 aromatic carbocycles. The zero-order chi connectivity index (χ0) is 11.3. The third-order valence-corrected chi connectivity index (χ3v) is 3.87. The molecule has 0 aliphatic carbocycles. The summed E-state index contributed by atoms with van der Waals surface area (Å²) in [6.45, 7) is 3.67. The summed E-state index contributed by atoms with van der Waals surface area (Å²) in [5, 5.41) is 3.56. The molecule has 4 nitrogen and oxygen atoms in total. The van der Waals surface area contributed by atoms with Gasteiger partial charge in [-0.15, -0.1) is 0 Å². The van der Waals surface area contributed by atoms with Gasteiger partial charge in [-0.05, 0) is 13.0 Å². The van der Waals surface area contributed by atoms with E-state index in [1.807, 2.05) is 24.7 Å². The minimum absolute atomic E-state index is 0.263. The first-order chi connectivity index (χ1) is 7.11. The van der Waals surface area contributed by atoms with E-state index in [1.165, 1.54) is 0 Å². The number of aryl methyl sites for hydroxylation is 1. The van der Waals surface area contributed by atoms with Crippen LogP contribution in [0.4, 0.5) is 0 Å². The summed E-state index contributed by atoms with van der Waals surface area (Å²) in [5.74, 6) is 1.03. The Balaban J connectivity index is 2.17. The maximum atomic E-state index is 11.1. The number of rotatable bonds is 6. The van der Waals surface area contributed by atoms with E-state index < -0.39 is 10.8 Å². The highest BCUT2D eigenvalue weighted by Gasteiger charge is 2.05. The van der Waals surface area contributed by atoms with Crippen LogP contribution < -0.4 is 5.32 Å². The highest BCUT2D eigenvalue weighted by atomic mass is 32.2. The normalized spacial score (nSPS) is 15.1. The van der Waals surface area contributed by atoms with Crippen molar-refractivity contribution in [3.8, 4) is 0 Å². The molecular formula is C10H19N3OS. The smallest absolute Gasteiger partial charge is 0.122 e. The molecule has 2 unspecified atom stereocenters. The number of nitrogens with one attached hydrogen (secondary N) is 1. The Labute approximate surface area is 93.5 Å². The monoisotopic (exact) mass is 229 g/mol. The predicted octanol–water partition coefficient (Wildman–Crippen LogP) is 0.667. The van der Waals surface area contributed by atoms with Crippen molar-refractivity contribution in [1.29, 1.82) is 0 Å². The lowest BCUT2D eigenvalue weighted by Crippen LogP contribution is -2.22. The molecular weight excluding hydrogens is 210 g/mol. The predicted molar refractivity (Wildman–Crippen MR) is 63.1 cm³/mol. The molecule has 1 rings (SSSR count). The van der Waals surface area contributed by atoms with Crippen molar-refractivity contribution < 1.29 is 4.21 Å². The molecule has 15 heavy (non-hydrogen) atoms. The molecule has 1 N–H and O–H groups in total. The Bertz CT molecular complexity index is 324. The molecule has 0 spiro atoms. The highest BCUT2D eigenvalue weighted by molar-refractivity contribution is 7.84. The quantitative estimate of drug-likeness (QED) is 0.729. The molecule has 0 bridgehead atoms. The molecule has 5 heteroatoms. The van der Waals surface area contributed by atoms with E-state index in [-0.39, 0.29) is 5.25 Å². The second-order valence-electron chi connectivity index (χ2n) is 3.73. The van der Waals surface area contributed by atoms with Gasteiger partial charge in [0.25, 0.3) is 0 Å². The standard InChI is InChI=1S/C10H19N3OS/c1-9(15(3)14)4-5-11-8-10-12-6-7-13(10)2/h6-7,9,11H,4-5,8H2,1-3H3. The summed E-state index contributed by atoms with van der Waals surface area (Å²) < 4.78 is 13.1. The van der Waals surface area contributed by atoms with Crippen molar-refractivity contribution >= 4 is 10.8 Å². The van der Waals surface area contributed by atoms with Crippen LogP contribution in [-0.4, -0.2) is 31.8 Å². The fraction of sp³-hybridized carbons (Fsp3) is 0.700. The van der Waals surface area contributed by atoms with Gasteiger partial charge in [0.15, 0.2) is 0 Å². The Kier molecular flexibility index (Phi) is 4.98. The number of nitrogens with zero attached hydrogens (tertiary/aromatic N) is 2. The molecule has 86 valence electrons. The molecule has 0 radical (unpaired) electrons. The van der Waals surface area contributed by atoms with Crippen LogP contribution in [-0.2, 0) is 24.4 Å². The molecule has 0 fully saturated rings. The third-order valence-electron chi connectivity index (χ3n) is 2.50. The Hall–Kier alpha value is -0.680. The van der Waals surface area contributed by atoms with Crippen molar-refractivity contribution in [2.75, 3.05) is 12.8 Å². The van der Waals surface area contributed by atoms with Crippen molar-refractivity contribution in [2.24, 2.45) is 7.05 Å². The van der Waals surface area contributed by atoms with E-state index in [0.717, 1.165) is 25.3 Å². The third kappa shape index (κ3) is 4.13. The van der Waals surface area contributed by atoms with E-state index >= 15 is 0 Å². The van der Waals surface area contributed by atoms with Gasteiger partial charge < -0.3 is 9.88 Å². The molecule has 0 amide bonds. The summed E-state index contributed by atoms with van der Waals surface area (Å²) >= 11 is 0. The van der Waals surface area contributed by atoms with E-state index in [1.54, 1.807) is 12.5 Å². The van der Waals surface area contributed by atoms with Crippen LogP contribution in [0, 0.1) is 0 Å². The van der Waals surface area contributed by atoms with Crippen molar-refractivity contribution in [2.45, 2.75) is 25.1 Å². The lowest BCUT2D eigenvalue weighted by atomic mass is 10.3. The molecule has 0 saturated heterocycles. The molecule has 1 aromatic heterocycles. The fourth-order valence-corrected chi connectivity index (χ4v) is 1.69. The Morgan fingerprint density at radius 1 is 1.67 bits per heavy atom. The van der Waals surface area contributed by atoms with Crippen LogP contribution in [0.25, 0.3) is 0 Å². The average molecular weight is 229 g/mol. The first kappa shape index (κ1) is 12.4. The van der Waals surface area contributed by atoms with E-state index in [2.05, 4.69) is 10.3 Å². The zero-order valence-electron chi connectivity index (χ0n) is 9.56. The molecule has 1 aromatic rings. The molecule has 1 heterocycles. The number of hydrogen-bond donors (Lipinski definition) is 1. The highest BCUT2D eigenvalue weighted by Crippen LogP contribution is 1.98. The molecule has 0 saturated carbocycles. The van der Waals surface area contributed by atoms with Crippen LogP contribution in [0.3, 0.4) is 0 Å². The van der Waals surface area contributed by atoms with Crippen molar-refractivity contribution in [1.82, 2.24) is 14.9 Å². The van der Waals surface area contributed by atoms with Gasteiger partial charge >= 0.3 is 0 Å². The van der Waals surface area contributed by atoms with Crippen molar-refractivity contribution in [3.05, 3.63) is 18.2 Å². The second-order valence-corrected chi connectivity index (χ2v) is 5.53. The number of hydrogen-bond acceptors (Lipinski definition) is 3. The lowest BCUT2D eigenvalue weighted by molar-refractivity contribution is 0.604. The summed E-state index contributed by atoms with van der Waals surface area (Å²) in [6, 6.07) is 0. The molecule has 0 aliphatic rings. The maximum absolute atomic E-state index is 11.1. The van der Waals surface area contributed by atoms with Gasteiger partial charge in [-0.2, -0.15) is 0 Å². The van der Waals surface area contributed by atoms with Gasteiger partial charge in [-0.1, -0.05) is 6.92 Å². The zero-order valence-corrected chi connectivity index (χ0v) is 10.4. The van der Waals surface area contributed by atoms with E-state index in [4.69, 9.17) is 0 Å². The van der Waals surface area contributed by atoms with Gasteiger partial charge in [0.1, 0.15) is 5.82 Å². The SMILES string of the molecule is CC(CCNCc1nccn1C)S(C)=O. The summed E-state index contributed by atoms with van der Waals surface area (Å²) in [6.07, 6.45) is 6.42. The summed E-state index contributed by atoms with van der Waals surface area (Å²) in [4.78, 5) is 4.21. The first-order valence-electron chi connectivity index (χ1n) is 5.10. The molecule has 2 atom stereocenters. The van der Waals surface area contributed by atoms with Gasteiger partial charge in [0.05, 0.1) is 6.54 Å². The number of imidazole rings is 1. The van der Waals surface area contributed by atoms with Gasteiger partial charge in [-0.25, -0.2) is 4.98 Å². The first-order valence-corrected chi connectivity index (χ1v) is 6.72. The van der Waals surface area contributed by atoms with Gasteiger partial charge in [0.2, 0.25) is 0 Å². The van der Waals surface area contributed by atoms with Crippen molar-refractivity contribution in [3.63, 3.8) is 0 Å². The van der Waals surface area contributed by atoms with Crippen LogP contribution >= 0.6 is 0 Å². The minimum atomic E-state index is -0.716. The second kappa shape index (κ2) is 6.02. The minimum Gasteiger partial charge on any atom is -0.337 e. The maximum Gasteiger partial charge on any atom is 0.122 e. The van der Waals surface area contributed by atoms with Crippen LogP contribution in [0.15, 0.2) is 12.4 Å². The molecule has 0 aliphatic heterocycles. The largest absolute Gasteiger partial charge is 0.337 e. The fourth-order valence-electron chi connectivity index (χ4n) is 1.24. The topological polar surface area (TPSA) is 46.9 Å².